The van der Waals surface area contributed by atoms with E-state index in [1.807, 2.05) is 12.1 Å². The number of rotatable bonds is 4. The first kappa shape index (κ1) is 20.0. The fourth-order valence-electron chi connectivity index (χ4n) is 3.05. The van der Waals surface area contributed by atoms with E-state index in [1.54, 1.807) is 37.7 Å². The van der Waals surface area contributed by atoms with Gasteiger partial charge >= 0.3 is 0 Å². The lowest BCUT2D eigenvalue weighted by Crippen LogP contribution is -2.38. The highest BCUT2D eigenvalue weighted by Crippen LogP contribution is 2.28. The van der Waals surface area contributed by atoms with E-state index < -0.39 is 0 Å². The number of anilines is 3. The molecule has 0 aliphatic carbocycles. The highest BCUT2D eigenvalue weighted by Gasteiger charge is 2.25. The normalized spacial score (nSPS) is 12.8. The molecule has 3 heterocycles. The lowest BCUT2D eigenvalue weighted by molar-refractivity contribution is 0.102. The number of benzene rings is 1. The van der Waals surface area contributed by atoms with Gasteiger partial charge < -0.3 is 26.0 Å². The van der Waals surface area contributed by atoms with Gasteiger partial charge in [0.05, 0.1) is 42.6 Å². The lowest BCUT2D eigenvalue weighted by Gasteiger charge is -2.28. The van der Waals surface area contributed by atoms with Crippen molar-refractivity contribution in [2.75, 3.05) is 30.0 Å². The molecule has 154 valence electrons. The Morgan fingerprint density at radius 1 is 1.33 bits per heavy atom. The molecule has 1 aromatic carbocycles. The van der Waals surface area contributed by atoms with Gasteiger partial charge in [-0.1, -0.05) is 0 Å². The fraction of sp³-hybridized carbons (Fsp3) is 0.200. The summed E-state index contributed by atoms with van der Waals surface area (Å²) in [5, 5.41) is 7.04. The number of hydrogen-bond acceptors (Lipinski definition) is 7. The topological polar surface area (TPSA) is 105 Å². The van der Waals surface area contributed by atoms with Crippen molar-refractivity contribution in [3.63, 3.8) is 0 Å². The number of fused-ring (bicyclic) bond motifs is 1. The third kappa shape index (κ3) is 4.34. The van der Waals surface area contributed by atoms with E-state index in [0.717, 1.165) is 29.2 Å². The third-order valence-electron chi connectivity index (χ3n) is 4.63. The molecule has 0 bridgehead atoms. The molecule has 10 heteroatoms. The molecule has 0 atom stereocenters. The van der Waals surface area contributed by atoms with E-state index in [0.29, 0.717) is 33.8 Å². The maximum atomic E-state index is 12.7. The van der Waals surface area contributed by atoms with Gasteiger partial charge in [-0.25, -0.2) is 4.98 Å². The van der Waals surface area contributed by atoms with Crippen LogP contribution in [0.3, 0.4) is 0 Å². The fourth-order valence-corrected chi connectivity index (χ4v) is 4.34. The van der Waals surface area contributed by atoms with Crippen molar-refractivity contribution in [1.29, 1.82) is 0 Å². The number of nitrogens with zero attached hydrogens (tertiary/aromatic N) is 3. The molecule has 0 fully saturated rings. The number of nitrogens with two attached hydrogens (primary N) is 1. The Kier molecular flexibility index (Phi) is 5.77. The average Bonchev–Trinajstić information content (AvgIpc) is 3.19. The largest absolute Gasteiger partial charge is 0.497 e. The molecule has 1 amide bonds. The van der Waals surface area contributed by atoms with Crippen LogP contribution in [0.25, 0.3) is 0 Å². The number of carbonyl (C=O) groups excluding carboxylic acids is 1. The van der Waals surface area contributed by atoms with Gasteiger partial charge in [0.15, 0.2) is 10.1 Å². The number of aromatic nitrogens is 2. The van der Waals surface area contributed by atoms with Gasteiger partial charge in [0, 0.05) is 30.1 Å². The van der Waals surface area contributed by atoms with Crippen LogP contribution >= 0.6 is 23.6 Å². The number of amides is 1. The predicted molar refractivity (Wildman–Crippen MR) is 122 cm³/mol. The van der Waals surface area contributed by atoms with E-state index in [1.165, 1.54) is 11.3 Å². The Morgan fingerprint density at radius 2 is 2.20 bits per heavy atom. The quantitative estimate of drug-likeness (QED) is 0.420. The number of thiocarbonyl (C=S) groups is 1. The van der Waals surface area contributed by atoms with E-state index in [4.69, 9.17) is 22.7 Å². The zero-order valence-corrected chi connectivity index (χ0v) is 17.8. The van der Waals surface area contributed by atoms with E-state index in [9.17, 15) is 4.79 Å². The number of hydrogen-bond donors (Lipinski definition) is 3. The van der Waals surface area contributed by atoms with Gasteiger partial charge in [-0.2, -0.15) is 0 Å². The van der Waals surface area contributed by atoms with E-state index in [-0.39, 0.29) is 5.91 Å². The number of nitrogen functional groups attached to an aromatic ring is 1. The third-order valence-corrected chi connectivity index (χ3v) is 6.08. The second-order valence-electron chi connectivity index (χ2n) is 6.64. The number of methoxy groups -OCH3 is 1. The van der Waals surface area contributed by atoms with Crippen LogP contribution in [0.1, 0.15) is 20.4 Å². The van der Waals surface area contributed by atoms with E-state index >= 15 is 0 Å². The highest BCUT2D eigenvalue weighted by molar-refractivity contribution is 7.80. The first-order valence-electron chi connectivity index (χ1n) is 9.23. The van der Waals surface area contributed by atoms with Crippen LogP contribution in [0.4, 0.5) is 17.1 Å². The van der Waals surface area contributed by atoms with Crippen LogP contribution in [-0.4, -0.2) is 39.5 Å². The summed E-state index contributed by atoms with van der Waals surface area (Å²) in [4.78, 5) is 24.4. The molecule has 8 nitrogen and oxygen atoms in total. The molecule has 0 saturated carbocycles. The molecular weight excluding hydrogens is 420 g/mol. The lowest BCUT2D eigenvalue weighted by atomic mass is 10.2. The summed E-state index contributed by atoms with van der Waals surface area (Å²) in [6.45, 7) is 1.33. The average molecular weight is 441 g/mol. The van der Waals surface area contributed by atoms with Gasteiger partial charge in [0.2, 0.25) is 0 Å². The molecule has 1 aliphatic rings. The summed E-state index contributed by atoms with van der Waals surface area (Å²) in [6, 6.07) is 8.88. The minimum Gasteiger partial charge on any atom is -0.497 e. The summed E-state index contributed by atoms with van der Waals surface area (Å²) >= 11 is 6.90. The minimum absolute atomic E-state index is 0.294. The van der Waals surface area contributed by atoms with Crippen LogP contribution in [0.15, 0.2) is 42.7 Å². The molecule has 0 saturated heterocycles. The first-order chi connectivity index (χ1) is 14.5. The Hall–Kier alpha value is -3.24. The van der Waals surface area contributed by atoms with Crippen LogP contribution in [0, 0.1) is 0 Å². The Bertz CT molecular complexity index is 1090. The molecule has 3 aromatic rings. The smallest absolute Gasteiger partial charge is 0.284 e. The van der Waals surface area contributed by atoms with Crippen LogP contribution in [0.5, 0.6) is 5.75 Å². The number of thiazole rings is 1. The number of pyridine rings is 1. The minimum atomic E-state index is -0.294. The zero-order valence-electron chi connectivity index (χ0n) is 16.2. The van der Waals surface area contributed by atoms with Gasteiger partial charge in [0.1, 0.15) is 5.75 Å². The summed E-state index contributed by atoms with van der Waals surface area (Å²) in [5.41, 5.74) is 8.70. The summed E-state index contributed by atoms with van der Waals surface area (Å²) in [6.07, 6.45) is 4.15. The number of nitrogens with one attached hydrogen (secondary N) is 2. The van der Waals surface area contributed by atoms with Crippen molar-refractivity contribution in [2.24, 2.45) is 0 Å². The standard InChI is InChI=1S/C20H20N6O2S2/c1-28-13-4-5-14(21)16(9-13)24-18(27)19-25-15-6-8-26(11-17(15)30-19)20(29)23-12-3-2-7-22-10-12/h2-5,7,9-10H,6,8,11,21H2,1H3,(H,23,29)(H,24,27). The van der Waals surface area contributed by atoms with Gasteiger partial charge in [-0.15, -0.1) is 11.3 Å². The second kappa shape index (κ2) is 8.64. The number of ether oxygens (including phenoxy) is 1. The molecular formula is C20H20N6O2S2. The predicted octanol–water partition coefficient (Wildman–Crippen LogP) is 3.14. The second-order valence-corrected chi connectivity index (χ2v) is 8.11. The molecule has 0 radical (unpaired) electrons. The zero-order chi connectivity index (χ0) is 21.1. The summed E-state index contributed by atoms with van der Waals surface area (Å²) in [7, 11) is 1.56. The molecule has 0 spiro atoms. The van der Waals surface area contributed by atoms with Gasteiger partial charge in [0.25, 0.3) is 5.91 Å². The maximum Gasteiger partial charge on any atom is 0.284 e. The maximum absolute atomic E-state index is 12.7. The van der Waals surface area contributed by atoms with Crippen molar-refractivity contribution in [3.8, 4) is 5.75 Å². The first-order valence-corrected chi connectivity index (χ1v) is 10.5. The van der Waals surface area contributed by atoms with Crippen LogP contribution in [-0.2, 0) is 13.0 Å². The number of carbonyl (C=O) groups is 1. The summed E-state index contributed by atoms with van der Waals surface area (Å²) < 4.78 is 5.19. The molecule has 30 heavy (non-hydrogen) atoms. The molecule has 1 aliphatic heterocycles. The van der Waals surface area contributed by atoms with Crippen molar-refractivity contribution < 1.29 is 9.53 Å². The van der Waals surface area contributed by atoms with Crippen molar-refractivity contribution in [1.82, 2.24) is 14.9 Å². The highest BCUT2D eigenvalue weighted by atomic mass is 32.1. The van der Waals surface area contributed by atoms with E-state index in [2.05, 4.69) is 25.5 Å². The molecule has 2 aromatic heterocycles. The molecule has 4 N–H and O–H groups in total. The SMILES string of the molecule is COc1ccc(N)c(NC(=O)c2nc3c(s2)CN(C(=S)Nc2cccnc2)CC3)c1. The Balaban J connectivity index is 1.44. The molecule has 4 rings (SSSR count). The van der Waals surface area contributed by atoms with Crippen molar-refractivity contribution in [3.05, 3.63) is 58.3 Å². The van der Waals surface area contributed by atoms with Crippen molar-refractivity contribution >= 4 is 51.6 Å². The Morgan fingerprint density at radius 3 is 2.97 bits per heavy atom. The molecule has 0 unspecified atom stereocenters. The van der Waals surface area contributed by atoms with Crippen LogP contribution < -0.4 is 21.1 Å². The van der Waals surface area contributed by atoms with Gasteiger partial charge in [-0.05, 0) is 36.5 Å². The van der Waals surface area contributed by atoms with Crippen molar-refractivity contribution in [2.45, 2.75) is 13.0 Å². The van der Waals surface area contributed by atoms with Gasteiger partial charge in [-0.3, -0.25) is 9.78 Å². The van der Waals surface area contributed by atoms with Crippen LogP contribution in [0.2, 0.25) is 0 Å². The Labute approximate surface area is 183 Å². The monoisotopic (exact) mass is 440 g/mol. The summed E-state index contributed by atoms with van der Waals surface area (Å²) in [5.74, 6) is 0.320.